The van der Waals surface area contributed by atoms with Crippen LogP contribution in [-0.4, -0.2) is 37.7 Å². The number of benzene rings is 2. The van der Waals surface area contributed by atoms with Crippen LogP contribution in [0.1, 0.15) is 31.8 Å². The molecule has 2 aromatic carbocycles. The number of alkyl halides is 4. The van der Waals surface area contributed by atoms with Crippen LogP contribution in [0.15, 0.2) is 36.4 Å². The van der Waals surface area contributed by atoms with Gasteiger partial charge in [0.15, 0.2) is 12.6 Å². The summed E-state index contributed by atoms with van der Waals surface area (Å²) >= 11 is 0. The molecule has 0 aliphatic heterocycles. The second-order valence-electron chi connectivity index (χ2n) is 6.20. The van der Waals surface area contributed by atoms with Gasteiger partial charge in [-0.3, -0.25) is 9.59 Å². The molecule has 0 amide bonds. The Morgan fingerprint density at radius 1 is 0.733 bits per heavy atom. The number of fused-ring (bicyclic) bond motifs is 3. The van der Waals surface area contributed by atoms with E-state index in [1.807, 2.05) is 0 Å². The molecular weight excluding hydrogens is 412 g/mol. The van der Waals surface area contributed by atoms with Crippen molar-refractivity contribution in [3.8, 4) is 11.1 Å². The molecule has 6 nitrogen and oxygen atoms in total. The van der Waals surface area contributed by atoms with Crippen LogP contribution in [0.5, 0.6) is 0 Å². The van der Waals surface area contributed by atoms with Crippen LogP contribution in [0.25, 0.3) is 11.1 Å². The first kappa shape index (κ1) is 21.2. The van der Waals surface area contributed by atoms with Gasteiger partial charge in [-0.2, -0.15) is 17.6 Å². The van der Waals surface area contributed by atoms with Crippen LogP contribution < -0.4 is 0 Å². The third-order valence-electron chi connectivity index (χ3n) is 4.44. The molecule has 156 valence electrons. The van der Waals surface area contributed by atoms with Gasteiger partial charge in [-0.1, -0.05) is 12.1 Å². The van der Waals surface area contributed by atoms with Gasteiger partial charge in [0, 0.05) is 11.1 Å². The molecule has 0 radical (unpaired) electrons. The molecule has 0 atom stereocenters. The zero-order valence-electron chi connectivity index (χ0n) is 15.0. The smallest absolute Gasteiger partial charge is 0.340 e. The third-order valence-corrected chi connectivity index (χ3v) is 4.44. The highest BCUT2D eigenvalue weighted by Crippen LogP contribution is 2.58. The fourth-order valence-corrected chi connectivity index (χ4v) is 3.06. The molecule has 0 saturated carbocycles. The summed E-state index contributed by atoms with van der Waals surface area (Å²) < 4.78 is 68.1. The number of ether oxygens (including phenoxy) is 2. The predicted octanol–water partition coefficient (Wildman–Crippen LogP) is 3.26. The van der Waals surface area contributed by atoms with Crippen LogP contribution >= 0.6 is 0 Å². The maximum atomic E-state index is 14.8. The first-order valence-corrected chi connectivity index (χ1v) is 8.41. The van der Waals surface area contributed by atoms with Crippen LogP contribution in [0.3, 0.4) is 0 Å². The van der Waals surface area contributed by atoms with Crippen molar-refractivity contribution in [2.75, 3.05) is 13.2 Å². The molecule has 1 aliphatic rings. The fourth-order valence-electron chi connectivity index (χ4n) is 3.06. The lowest BCUT2D eigenvalue weighted by Gasteiger charge is -2.35. The van der Waals surface area contributed by atoms with Crippen molar-refractivity contribution in [3.05, 3.63) is 58.7 Å². The van der Waals surface area contributed by atoms with E-state index < -0.39 is 59.3 Å². The van der Waals surface area contributed by atoms with E-state index >= 15 is 0 Å². The number of hydrogen-bond acceptors (Lipinski definition) is 6. The van der Waals surface area contributed by atoms with E-state index in [0.717, 1.165) is 24.3 Å². The lowest BCUT2D eigenvalue weighted by molar-refractivity contribution is -0.225. The number of rotatable bonds is 6. The normalized spacial score (nSPS) is 15.3. The van der Waals surface area contributed by atoms with Gasteiger partial charge in [0.25, 0.3) is 0 Å². The first-order valence-electron chi connectivity index (χ1n) is 8.41. The SMILES string of the molecule is O=CCOC(=O)c1ccc2c(c1)C(F)(F)C(F)(F)c1cc(C(=O)OCC=O)ccc1-2. The molecule has 0 spiro atoms. The van der Waals surface area contributed by atoms with Crippen LogP contribution in [0, 0.1) is 0 Å². The van der Waals surface area contributed by atoms with E-state index in [9.17, 15) is 36.7 Å². The summed E-state index contributed by atoms with van der Waals surface area (Å²) in [5.74, 6) is -11.7. The molecule has 3 rings (SSSR count). The van der Waals surface area contributed by atoms with Crippen LogP contribution in [-0.2, 0) is 30.9 Å². The van der Waals surface area contributed by atoms with E-state index in [2.05, 4.69) is 9.47 Å². The lowest BCUT2D eigenvalue weighted by atomic mass is 9.79. The Morgan fingerprint density at radius 2 is 1.10 bits per heavy atom. The Labute approximate surface area is 166 Å². The maximum Gasteiger partial charge on any atom is 0.340 e. The minimum Gasteiger partial charge on any atom is -0.454 e. The Morgan fingerprint density at radius 3 is 1.43 bits per heavy atom. The average molecular weight is 424 g/mol. The summed E-state index contributed by atoms with van der Waals surface area (Å²) in [6.07, 6.45) is 0.542. The molecule has 0 unspecified atom stereocenters. The molecule has 0 N–H and O–H groups in total. The van der Waals surface area contributed by atoms with Crippen molar-refractivity contribution in [1.29, 1.82) is 0 Å². The number of halogens is 4. The fraction of sp³-hybridized carbons (Fsp3) is 0.200. The predicted molar refractivity (Wildman–Crippen MR) is 92.4 cm³/mol. The van der Waals surface area contributed by atoms with Crippen LogP contribution in [0.2, 0.25) is 0 Å². The van der Waals surface area contributed by atoms with Gasteiger partial charge in [0.05, 0.1) is 11.1 Å². The summed E-state index contributed by atoms with van der Waals surface area (Å²) in [5, 5.41) is 0. The molecule has 0 heterocycles. The summed E-state index contributed by atoms with van der Waals surface area (Å²) in [6.45, 7) is -1.23. The van der Waals surface area contributed by atoms with Gasteiger partial charge in [0.1, 0.15) is 13.2 Å². The molecule has 10 heteroatoms. The number of carbonyl (C=O) groups excluding carboxylic acids is 4. The first-order chi connectivity index (χ1) is 14.1. The second-order valence-corrected chi connectivity index (χ2v) is 6.20. The number of aldehydes is 2. The van der Waals surface area contributed by atoms with Gasteiger partial charge in [0.2, 0.25) is 0 Å². The van der Waals surface area contributed by atoms with Crippen molar-refractivity contribution < 1.29 is 46.2 Å². The minimum absolute atomic E-state index is 0.263. The number of hydrogen-bond donors (Lipinski definition) is 0. The Kier molecular flexibility index (Phi) is 5.43. The number of esters is 2. The van der Waals surface area contributed by atoms with Crippen molar-refractivity contribution >= 4 is 24.5 Å². The van der Waals surface area contributed by atoms with Gasteiger partial charge < -0.3 is 9.47 Å². The molecule has 0 fully saturated rings. The maximum absolute atomic E-state index is 14.8. The Hall–Kier alpha value is -3.56. The summed E-state index contributed by atoms with van der Waals surface area (Å²) in [5.41, 5.74) is -3.58. The number of carbonyl (C=O) groups is 4. The summed E-state index contributed by atoms with van der Waals surface area (Å²) in [4.78, 5) is 44.2. The monoisotopic (exact) mass is 424 g/mol. The summed E-state index contributed by atoms with van der Waals surface area (Å²) in [6, 6.07) is 5.48. The van der Waals surface area contributed by atoms with Crippen molar-refractivity contribution in [2.24, 2.45) is 0 Å². The minimum atomic E-state index is -4.72. The Balaban J connectivity index is 2.13. The largest absolute Gasteiger partial charge is 0.454 e. The van der Waals surface area contributed by atoms with Crippen molar-refractivity contribution in [2.45, 2.75) is 11.8 Å². The molecule has 0 saturated heterocycles. The van der Waals surface area contributed by atoms with Gasteiger partial charge in [-0.25, -0.2) is 9.59 Å². The molecule has 1 aliphatic carbocycles. The molecule has 30 heavy (non-hydrogen) atoms. The van der Waals surface area contributed by atoms with E-state index in [4.69, 9.17) is 0 Å². The highest BCUT2D eigenvalue weighted by molar-refractivity contribution is 5.94. The zero-order valence-corrected chi connectivity index (χ0v) is 15.0. The highest BCUT2D eigenvalue weighted by Gasteiger charge is 2.63. The van der Waals surface area contributed by atoms with E-state index in [0.29, 0.717) is 12.1 Å². The molecule has 0 aromatic heterocycles. The van der Waals surface area contributed by atoms with E-state index in [1.54, 1.807) is 0 Å². The zero-order chi connectivity index (χ0) is 22.1. The molecule has 2 aromatic rings. The molecule has 0 bridgehead atoms. The van der Waals surface area contributed by atoms with Crippen molar-refractivity contribution in [3.63, 3.8) is 0 Å². The second kappa shape index (κ2) is 7.69. The summed E-state index contributed by atoms with van der Waals surface area (Å²) in [7, 11) is 0. The van der Waals surface area contributed by atoms with Gasteiger partial charge in [-0.05, 0) is 35.4 Å². The highest BCUT2D eigenvalue weighted by atomic mass is 19.3. The average Bonchev–Trinajstić information content (AvgIpc) is 2.74. The van der Waals surface area contributed by atoms with Crippen LogP contribution in [0.4, 0.5) is 17.6 Å². The van der Waals surface area contributed by atoms with E-state index in [-0.39, 0.29) is 23.7 Å². The quantitative estimate of drug-likeness (QED) is 0.402. The van der Waals surface area contributed by atoms with Crippen molar-refractivity contribution in [1.82, 2.24) is 0 Å². The third kappa shape index (κ3) is 3.34. The lowest BCUT2D eigenvalue weighted by Crippen LogP contribution is -2.39. The topological polar surface area (TPSA) is 86.7 Å². The Bertz CT molecular complexity index is 964. The molecular formula is C20H12F4O6. The standard InChI is InChI=1S/C20H12F4O6/c21-19(22)15-9-11(17(27)29-7-5-25)1-3-13(15)14-4-2-12(18(28)30-8-6-26)10-16(14)20(19,23)24/h1-6,9-10H,7-8H2. The van der Waals surface area contributed by atoms with Gasteiger partial charge in [-0.15, -0.1) is 0 Å². The van der Waals surface area contributed by atoms with E-state index in [1.165, 1.54) is 0 Å². The van der Waals surface area contributed by atoms with Gasteiger partial charge >= 0.3 is 23.8 Å².